The number of carbonyl (C=O) groups is 1. The van der Waals surface area contributed by atoms with E-state index in [1.807, 2.05) is 23.4 Å². The highest BCUT2D eigenvalue weighted by Crippen LogP contribution is 2.33. The molecule has 1 N–H and O–H groups in total. The van der Waals surface area contributed by atoms with E-state index in [2.05, 4.69) is 36.8 Å². The zero-order chi connectivity index (χ0) is 28.7. The molecule has 1 saturated heterocycles. The summed E-state index contributed by atoms with van der Waals surface area (Å²) in [4.78, 5) is 42.3. The van der Waals surface area contributed by atoms with Gasteiger partial charge in [-0.15, -0.1) is 0 Å². The first-order chi connectivity index (χ1) is 19.8. The molecule has 6 rings (SSSR count). The topological polar surface area (TPSA) is 127 Å². The molecule has 0 unspecified atom stereocenters. The lowest BCUT2D eigenvalue weighted by molar-refractivity contribution is -0.128. The zero-order valence-electron chi connectivity index (χ0n) is 22.7. The Morgan fingerprint density at radius 3 is 2.80 bits per heavy atom. The summed E-state index contributed by atoms with van der Waals surface area (Å²) < 4.78 is 23.3. The van der Waals surface area contributed by atoms with Crippen molar-refractivity contribution in [2.24, 2.45) is 7.05 Å². The third kappa shape index (κ3) is 4.86. The fraction of sp³-hybridized carbons (Fsp3) is 0.250. The SMILES string of the molecule is C=CC(=O)N1CCN(c2ncc3ncnc(Nc4ccc(Oc5cnc6c(c5)ncn6C)c(C)c4F)c3n2)C[C@H]1C. The number of fused-ring (bicyclic) bond motifs is 2. The van der Waals surface area contributed by atoms with E-state index in [1.165, 1.54) is 12.4 Å². The summed E-state index contributed by atoms with van der Waals surface area (Å²) in [5.41, 5.74) is 2.88. The number of nitrogens with one attached hydrogen (secondary N) is 1. The van der Waals surface area contributed by atoms with E-state index in [-0.39, 0.29) is 17.6 Å². The van der Waals surface area contributed by atoms with Crippen LogP contribution in [-0.2, 0) is 11.8 Å². The average molecular weight is 555 g/mol. The van der Waals surface area contributed by atoms with Crippen LogP contribution in [0, 0.1) is 12.7 Å². The minimum absolute atomic E-state index is 0.0439. The van der Waals surface area contributed by atoms with Gasteiger partial charge in [0, 0.05) is 44.4 Å². The van der Waals surface area contributed by atoms with Crippen molar-refractivity contribution in [3.05, 3.63) is 67.3 Å². The molecule has 0 saturated carbocycles. The second kappa shape index (κ2) is 10.4. The van der Waals surface area contributed by atoms with Crippen molar-refractivity contribution in [1.29, 1.82) is 0 Å². The molecule has 5 aromatic rings. The minimum Gasteiger partial charge on any atom is -0.455 e. The maximum Gasteiger partial charge on any atom is 0.246 e. The Hall–Kier alpha value is -5.20. The van der Waals surface area contributed by atoms with Crippen LogP contribution in [-0.4, -0.2) is 71.0 Å². The zero-order valence-corrected chi connectivity index (χ0v) is 22.7. The van der Waals surface area contributed by atoms with Gasteiger partial charge in [-0.25, -0.2) is 34.3 Å². The Labute approximate surface area is 234 Å². The number of piperazine rings is 1. The first kappa shape index (κ1) is 26.0. The quantitative estimate of drug-likeness (QED) is 0.309. The van der Waals surface area contributed by atoms with E-state index in [4.69, 9.17) is 9.72 Å². The molecule has 1 aliphatic heterocycles. The largest absolute Gasteiger partial charge is 0.455 e. The minimum atomic E-state index is -0.493. The van der Waals surface area contributed by atoms with Crippen LogP contribution in [0.4, 0.5) is 21.8 Å². The smallest absolute Gasteiger partial charge is 0.246 e. The number of nitrogens with zero attached hydrogens (tertiary/aromatic N) is 9. The summed E-state index contributed by atoms with van der Waals surface area (Å²) in [6, 6.07) is 4.97. The van der Waals surface area contributed by atoms with Gasteiger partial charge in [-0.3, -0.25) is 4.79 Å². The van der Waals surface area contributed by atoms with Gasteiger partial charge in [0.05, 0.1) is 24.4 Å². The molecule has 13 heteroatoms. The molecule has 41 heavy (non-hydrogen) atoms. The molecule has 0 bridgehead atoms. The maximum atomic E-state index is 15.6. The molecule has 1 atom stereocenters. The van der Waals surface area contributed by atoms with Gasteiger partial charge in [-0.1, -0.05) is 6.58 Å². The number of anilines is 3. The Morgan fingerprint density at radius 2 is 2.00 bits per heavy atom. The van der Waals surface area contributed by atoms with Crippen LogP contribution in [0.5, 0.6) is 11.5 Å². The molecule has 12 nitrogen and oxygen atoms in total. The Bertz CT molecular complexity index is 1810. The second-order valence-corrected chi connectivity index (χ2v) is 9.80. The molecule has 0 aliphatic carbocycles. The number of hydrogen-bond donors (Lipinski definition) is 1. The lowest BCUT2D eigenvalue weighted by atomic mass is 10.1. The van der Waals surface area contributed by atoms with E-state index in [9.17, 15) is 4.79 Å². The van der Waals surface area contributed by atoms with Crippen molar-refractivity contribution < 1.29 is 13.9 Å². The number of aryl methyl sites for hydroxylation is 1. The fourth-order valence-electron chi connectivity index (χ4n) is 4.86. The standard InChI is InChI=1S/C28H27FN10O2/c1-5-23(40)39-9-8-38(13-16(39)2)28-31-12-21-25(36-28)26(33-14-32-21)35-19-6-7-22(17(3)24(19)29)41-18-10-20-27(30-11-18)37(4)15-34-20/h5-7,10-12,14-16H,1,8-9,13H2,2-4H3,(H,32,33,35)/t16-/m1/s1. The average Bonchev–Trinajstić information content (AvgIpc) is 3.36. The van der Waals surface area contributed by atoms with Crippen LogP contribution in [0.1, 0.15) is 12.5 Å². The van der Waals surface area contributed by atoms with Crippen LogP contribution >= 0.6 is 0 Å². The van der Waals surface area contributed by atoms with Crippen molar-refractivity contribution >= 4 is 45.6 Å². The number of hydrogen-bond acceptors (Lipinski definition) is 10. The molecule has 1 fully saturated rings. The third-order valence-electron chi connectivity index (χ3n) is 7.08. The van der Waals surface area contributed by atoms with E-state index in [1.54, 1.807) is 48.7 Å². The highest BCUT2D eigenvalue weighted by molar-refractivity contribution is 5.88. The van der Waals surface area contributed by atoms with Gasteiger partial charge in [0.15, 0.2) is 17.3 Å². The molecule has 1 amide bonds. The van der Waals surface area contributed by atoms with Gasteiger partial charge in [0.25, 0.3) is 0 Å². The number of imidazole rings is 1. The third-order valence-corrected chi connectivity index (χ3v) is 7.08. The van der Waals surface area contributed by atoms with Gasteiger partial charge in [0.1, 0.15) is 34.4 Å². The van der Waals surface area contributed by atoms with Gasteiger partial charge < -0.3 is 24.4 Å². The summed E-state index contributed by atoms with van der Waals surface area (Å²) in [5, 5.41) is 3.06. The van der Waals surface area contributed by atoms with Crippen molar-refractivity contribution in [2.75, 3.05) is 29.9 Å². The van der Waals surface area contributed by atoms with Gasteiger partial charge in [-0.2, -0.15) is 0 Å². The van der Waals surface area contributed by atoms with Crippen LogP contribution in [0.25, 0.3) is 22.2 Å². The first-order valence-electron chi connectivity index (χ1n) is 13.0. The second-order valence-electron chi connectivity index (χ2n) is 9.80. The molecule has 1 aliphatic rings. The van der Waals surface area contributed by atoms with E-state index >= 15 is 4.39 Å². The van der Waals surface area contributed by atoms with Crippen LogP contribution in [0.15, 0.2) is 55.9 Å². The molecule has 0 radical (unpaired) electrons. The highest BCUT2D eigenvalue weighted by atomic mass is 19.1. The number of rotatable bonds is 6. The molecule has 5 heterocycles. The Morgan fingerprint density at radius 1 is 1.15 bits per heavy atom. The summed E-state index contributed by atoms with van der Waals surface area (Å²) in [5.74, 6) is 1.03. The molecule has 1 aromatic carbocycles. The molecular formula is C28H27FN10O2. The molecular weight excluding hydrogens is 527 g/mol. The maximum absolute atomic E-state index is 15.6. The predicted octanol–water partition coefficient (Wildman–Crippen LogP) is 3.91. The fourth-order valence-corrected chi connectivity index (χ4v) is 4.86. The number of carbonyl (C=O) groups excluding carboxylic acids is 1. The van der Waals surface area contributed by atoms with Gasteiger partial charge in [0.2, 0.25) is 11.9 Å². The van der Waals surface area contributed by atoms with E-state index < -0.39 is 5.82 Å². The van der Waals surface area contributed by atoms with Crippen molar-refractivity contribution in [1.82, 2.24) is 39.4 Å². The number of benzene rings is 1. The normalized spacial score (nSPS) is 15.4. The van der Waals surface area contributed by atoms with Crippen LogP contribution < -0.4 is 15.0 Å². The Kier molecular flexibility index (Phi) is 6.61. The van der Waals surface area contributed by atoms with Crippen molar-refractivity contribution in [3.63, 3.8) is 0 Å². The van der Waals surface area contributed by atoms with Gasteiger partial charge in [-0.05, 0) is 32.1 Å². The number of aromatic nitrogens is 7. The molecule has 4 aromatic heterocycles. The summed E-state index contributed by atoms with van der Waals surface area (Å²) in [7, 11) is 1.86. The predicted molar refractivity (Wildman–Crippen MR) is 152 cm³/mol. The van der Waals surface area contributed by atoms with Gasteiger partial charge >= 0.3 is 0 Å². The summed E-state index contributed by atoms with van der Waals surface area (Å²) in [6.45, 7) is 8.83. The number of ether oxygens (including phenoxy) is 1. The molecule has 208 valence electrons. The van der Waals surface area contributed by atoms with E-state index in [0.29, 0.717) is 65.0 Å². The number of halogens is 1. The highest BCUT2D eigenvalue weighted by Gasteiger charge is 2.27. The lowest BCUT2D eigenvalue weighted by Gasteiger charge is -2.39. The summed E-state index contributed by atoms with van der Waals surface area (Å²) in [6.07, 6.45) is 7.56. The number of amides is 1. The summed E-state index contributed by atoms with van der Waals surface area (Å²) >= 11 is 0. The lowest BCUT2D eigenvalue weighted by Crippen LogP contribution is -2.54. The van der Waals surface area contributed by atoms with Crippen molar-refractivity contribution in [3.8, 4) is 11.5 Å². The van der Waals surface area contributed by atoms with Crippen molar-refractivity contribution in [2.45, 2.75) is 19.9 Å². The number of pyridine rings is 1. The van der Waals surface area contributed by atoms with Crippen LogP contribution in [0.2, 0.25) is 0 Å². The molecule has 0 spiro atoms. The van der Waals surface area contributed by atoms with Crippen LogP contribution in [0.3, 0.4) is 0 Å². The Balaban J connectivity index is 1.25. The van der Waals surface area contributed by atoms with E-state index in [0.717, 1.165) is 5.65 Å². The monoisotopic (exact) mass is 554 g/mol. The first-order valence-corrected chi connectivity index (χ1v) is 13.0.